The van der Waals surface area contributed by atoms with Gasteiger partial charge in [-0.2, -0.15) is 0 Å². The van der Waals surface area contributed by atoms with Gasteiger partial charge in [-0.1, -0.05) is 18.2 Å². The zero-order valence-corrected chi connectivity index (χ0v) is 11.4. The first-order valence-corrected chi connectivity index (χ1v) is 7.29. The maximum absolute atomic E-state index is 14.4. The summed E-state index contributed by atoms with van der Waals surface area (Å²) in [6.07, 6.45) is 5.15. The van der Waals surface area contributed by atoms with Crippen LogP contribution in [0, 0.1) is 0 Å². The molecular weight excluding hydrogens is 253 g/mol. The molecule has 0 amide bonds. The maximum Gasteiger partial charge on any atom is 0.163 e. The average Bonchev–Trinajstić information content (AvgIpc) is 2.79. The monoisotopic (exact) mass is 269 g/mol. The summed E-state index contributed by atoms with van der Waals surface area (Å²) in [5.74, 6) is 0.771. The second kappa shape index (κ2) is 3.34. The van der Waals surface area contributed by atoms with E-state index < -0.39 is 6.10 Å². The molecule has 0 saturated carbocycles. The van der Waals surface area contributed by atoms with Gasteiger partial charge in [-0.15, -0.1) is 0 Å². The molecule has 1 saturated heterocycles. The topological polar surface area (TPSA) is 12.5 Å². The molecule has 3 atom stereocenters. The third kappa shape index (κ3) is 1.03. The molecular formula is C17H16FNO. The summed E-state index contributed by atoms with van der Waals surface area (Å²) in [4.78, 5) is 2.40. The van der Waals surface area contributed by atoms with Crippen molar-refractivity contribution in [3.63, 3.8) is 0 Å². The van der Waals surface area contributed by atoms with Gasteiger partial charge in [-0.25, -0.2) is 4.39 Å². The van der Waals surface area contributed by atoms with E-state index in [2.05, 4.69) is 18.0 Å². The van der Waals surface area contributed by atoms with Crippen LogP contribution in [0.4, 0.5) is 4.39 Å². The van der Waals surface area contributed by atoms with Crippen LogP contribution in [0.15, 0.2) is 41.8 Å². The van der Waals surface area contributed by atoms with Crippen LogP contribution < -0.4 is 4.74 Å². The Morgan fingerprint density at radius 2 is 2.25 bits per heavy atom. The molecule has 2 aliphatic heterocycles. The second-order valence-corrected chi connectivity index (χ2v) is 6.38. The summed E-state index contributed by atoms with van der Waals surface area (Å²) >= 11 is 0. The molecule has 1 aromatic carbocycles. The van der Waals surface area contributed by atoms with Crippen molar-refractivity contribution in [2.75, 3.05) is 13.6 Å². The molecule has 0 N–H and O–H groups in total. The van der Waals surface area contributed by atoms with Crippen molar-refractivity contribution in [1.82, 2.24) is 4.90 Å². The molecule has 2 nitrogen and oxygen atoms in total. The van der Waals surface area contributed by atoms with Crippen molar-refractivity contribution in [2.24, 2.45) is 0 Å². The molecule has 20 heavy (non-hydrogen) atoms. The number of allylic oxidation sites excluding steroid dienone is 2. The molecule has 2 aliphatic carbocycles. The minimum absolute atomic E-state index is 0.124. The van der Waals surface area contributed by atoms with Gasteiger partial charge in [0.25, 0.3) is 0 Å². The highest BCUT2D eigenvalue weighted by atomic mass is 19.1. The highest BCUT2D eigenvalue weighted by molar-refractivity contribution is 5.63. The summed E-state index contributed by atoms with van der Waals surface area (Å²) in [5.41, 5.74) is 3.73. The fourth-order valence-electron chi connectivity index (χ4n) is 4.73. The van der Waals surface area contributed by atoms with Crippen LogP contribution in [0.5, 0.6) is 5.75 Å². The van der Waals surface area contributed by atoms with Crippen LogP contribution >= 0.6 is 0 Å². The van der Waals surface area contributed by atoms with Crippen molar-refractivity contribution < 1.29 is 9.13 Å². The number of benzene rings is 1. The summed E-state index contributed by atoms with van der Waals surface area (Å²) in [6.45, 7) is 1.00. The number of piperidine rings is 1. The number of halogens is 1. The molecule has 0 aromatic heterocycles. The lowest BCUT2D eigenvalue weighted by atomic mass is 9.57. The van der Waals surface area contributed by atoms with Gasteiger partial charge in [0.15, 0.2) is 6.10 Å². The molecule has 2 heterocycles. The van der Waals surface area contributed by atoms with Crippen LogP contribution in [0.25, 0.3) is 0 Å². The summed E-state index contributed by atoms with van der Waals surface area (Å²) in [5, 5.41) is 0. The van der Waals surface area contributed by atoms with Gasteiger partial charge in [0.2, 0.25) is 0 Å². The molecule has 4 aliphatic rings. The normalized spacial score (nSPS) is 36.9. The lowest BCUT2D eigenvalue weighted by Crippen LogP contribution is -2.58. The fraction of sp³-hybridized carbons (Fsp3) is 0.412. The predicted octanol–water partition coefficient (Wildman–Crippen LogP) is 2.74. The molecule has 102 valence electrons. The quantitative estimate of drug-likeness (QED) is 0.718. The molecule has 1 aromatic rings. The smallest absolute Gasteiger partial charge is 0.163 e. The molecule has 2 bridgehead atoms. The van der Waals surface area contributed by atoms with Crippen molar-refractivity contribution >= 4 is 0 Å². The van der Waals surface area contributed by atoms with E-state index in [4.69, 9.17) is 4.74 Å². The molecule has 0 radical (unpaired) electrons. The summed E-state index contributed by atoms with van der Waals surface area (Å²) in [7, 11) is 2.17. The van der Waals surface area contributed by atoms with E-state index in [-0.39, 0.29) is 11.2 Å². The van der Waals surface area contributed by atoms with Gasteiger partial charge in [0.1, 0.15) is 11.6 Å². The van der Waals surface area contributed by atoms with Gasteiger partial charge in [0.05, 0.1) is 5.41 Å². The largest absolute Gasteiger partial charge is 0.482 e. The van der Waals surface area contributed by atoms with Crippen molar-refractivity contribution in [2.45, 2.75) is 30.4 Å². The number of hydrogen-bond donors (Lipinski definition) is 0. The number of likely N-dealkylation sites (N-methyl/N-ethyl adjacent to an activating group) is 1. The zero-order valence-electron chi connectivity index (χ0n) is 11.4. The number of likely N-dealkylation sites (tertiary alicyclic amines) is 1. The first kappa shape index (κ1) is 11.1. The van der Waals surface area contributed by atoms with E-state index >= 15 is 0 Å². The summed E-state index contributed by atoms with van der Waals surface area (Å²) < 4.78 is 20.4. The first-order valence-electron chi connectivity index (χ1n) is 7.29. The Kier molecular flexibility index (Phi) is 1.85. The Bertz CT molecular complexity index is 692. The first-order chi connectivity index (χ1) is 9.72. The second-order valence-electron chi connectivity index (χ2n) is 6.38. The Morgan fingerprint density at radius 3 is 3.15 bits per heavy atom. The van der Waals surface area contributed by atoms with Gasteiger partial charge in [-0.05, 0) is 49.7 Å². The van der Waals surface area contributed by atoms with Gasteiger partial charge in [0, 0.05) is 11.6 Å². The molecule has 0 unspecified atom stereocenters. The predicted molar refractivity (Wildman–Crippen MR) is 74.5 cm³/mol. The van der Waals surface area contributed by atoms with Crippen LogP contribution in [-0.4, -0.2) is 30.6 Å². The Morgan fingerprint density at radius 1 is 1.35 bits per heavy atom. The van der Waals surface area contributed by atoms with Crippen LogP contribution in [-0.2, 0) is 11.8 Å². The van der Waals surface area contributed by atoms with Gasteiger partial charge in [-0.3, -0.25) is 4.90 Å². The molecule has 1 spiro atoms. The van der Waals surface area contributed by atoms with E-state index in [9.17, 15) is 4.39 Å². The van der Waals surface area contributed by atoms with E-state index in [0.717, 1.165) is 25.1 Å². The van der Waals surface area contributed by atoms with Crippen molar-refractivity contribution in [3.8, 4) is 5.75 Å². The van der Waals surface area contributed by atoms with E-state index in [1.165, 1.54) is 16.7 Å². The van der Waals surface area contributed by atoms with Gasteiger partial charge < -0.3 is 4.74 Å². The number of ether oxygens (including phenoxy) is 1. The number of rotatable bonds is 0. The Balaban J connectivity index is 1.88. The van der Waals surface area contributed by atoms with Crippen molar-refractivity contribution in [3.05, 3.63) is 52.9 Å². The standard InChI is InChI=1S/C17H16FNO/c1-19-8-7-17-11-5-6-12(18)16(17)20-14-4-2-3-10(15(14)17)9-13(11)19/h2-6,13,16H,7-9H2,1H3/t13-,16+,17+/m1/s1. The lowest BCUT2D eigenvalue weighted by Gasteiger charge is -2.52. The van der Waals surface area contributed by atoms with E-state index in [1.54, 1.807) is 6.08 Å². The van der Waals surface area contributed by atoms with Crippen LogP contribution in [0.1, 0.15) is 17.5 Å². The fourth-order valence-corrected chi connectivity index (χ4v) is 4.73. The van der Waals surface area contributed by atoms with Crippen LogP contribution in [0.2, 0.25) is 0 Å². The molecule has 1 fully saturated rings. The SMILES string of the molecule is CN1CC[C@@]23C4=CC=C(F)[C@@H]2Oc2cccc(c23)C[C@H]41. The number of nitrogens with zero attached hydrogens (tertiary/aromatic N) is 1. The van der Waals surface area contributed by atoms with E-state index in [1.807, 2.05) is 18.2 Å². The van der Waals surface area contributed by atoms with Crippen molar-refractivity contribution in [1.29, 1.82) is 0 Å². The van der Waals surface area contributed by atoms with Crippen LogP contribution in [0.3, 0.4) is 0 Å². The highest BCUT2D eigenvalue weighted by Crippen LogP contribution is 2.60. The average molecular weight is 269 g/mol. The lowest BCUT2D eigenvalue weighted by molar-refractivity contribution is 0.0992. The minimum Gasteiger partial charge on any atom is -0.482 e. The summed E-state index contributed by atoms with van der Waals surface area (Å²) in [6, 6.07) is 6.61. The number of hydrogen-bond acceptors (Lipinski definition) is 2. The minimum atomic E-state index is -0.435. The highest BCUT2D eigenvalue weighted by Gasteiger charge is 2.60. The van der Waals surface area contributed by atoms with E-state index in [0.29, 0.717) is 6.04 Å². The third-order valence-electron chi connectivity index (χ3n) is 5.60. The third-order valence-corrected chi connectivity index (χ3v) is 5.60. The Labute approximate surface area is 117 Å². The maximum atomic E-state index is 14.4. The molecule has 5 rings (SSSR count). The van der Waals surface area contributed by atoms with Gasteiger partial charge >= 0.3 is 0 Å². The Hall–Kier alpha value is -1.61. The molecule has 3 heteroatoms. The zero-order chi connectivity index (χ0) is 13.5.